The third-order valence-corrected chi connectivity index (χ3v) is 3.25. The van der Waals surface area contributed by atoms with E-state index in [0.29, 0.717) is 11.8 Å². The Balaban J connectivity index is 2.00. The maximum Gasteiger partial charge on any atom is 0.119 e. The molecule has 0 atom stereocenters. The van der Waals surface area contributed by atoms with E-state index >= 15 is 0 Å². The molecule has 0 aromatic heterocycles. The zero-order valence-electron chi connectivity index (χ0n) is 10.9. The largest absolute Gasteiger partial charge is 0.493 e. The van der Waals surface area contributed by atoms with E-state index in [0.717, 1.165) is 25.4 Å². The van der Waals surface area contributed by atoms with Crippen molar-refractivity contribution in [1.29, 1.82) is 0 Å². The van der Waals surface area contributed by atoms with Gasteiger partial charge in [-0.15, -0.1) is 0 Å². The van der Waals surface area contributed by atoms with Crippen molar-refractivity contribution < 1.29 is 4.74 Å². The van der Waals surface area contributed by atoms with E-state index < -0.39 is 0 Å². The predicted molar refractivity (Wildman–Crippen MR) is 71.6 cm³/mol. The third kappa shape index (κ3) is 3.74. The summed E-state index contributed by atoms with van der Waals surface area (Å²) in [6.45, 7) is 7.44. The Labute approximate surface area is 104 Å². The van der Waals surface area contributed by atoms with Crippen molar-refractivity contribution in [2.45, 2.75) is 32.6 Å². The van der Waals surface area contributed by atoms with Crippen LogP contribution in [0.4, 0.5) is 0 Å². The highest BCUT2D eigenvalue weighted by molar-refractivity contribution is 5.31. The molecule has 0 unspecified atom stereocenters. The molecule has 0 radical (unpaired) electrons. The number of hydrogen-bond acceptors (Lipinski definition) is 2. The van der Waals surface area contributed by atoms with Gasteiger partial charge in [-0.25, -0.2) is 0 Å². The van der Waals surface area contributed by atoms with Gasteiger partial charge in [-0.2, -0.15) is 0 Å². The summed E-state index contributed by atoms with van der Waals surface area (Å²) in [5.74, 6) is 2.31. The second-order valence-electron chi connectivity index (χ2n) is 5.30. The molecule has 2 nitrogen and oxygen atoms in total. The standard InChI is InChI=1S/C15H23NO/c1-12(2)11-17-15-5-3-4-14(10-15)13-6-8-16-9-7-13/h3-5,10,12-13,16H,6-9,11H2,1-2H3. The van der Waals surface area contributed by atoms with Gasteiger partial charge in [-0.05, 0) is 55.5 Å². The summed E-state index contributed by atoms with van der Waals surface area (Å²) in [5.41, 5.74) is 1.44. The molecule has 1 aromatic rings. The average molecular weight is 233 g/mol. The van der Waals surface area contributed by atoms with Crippen LogP contribution in [0.15, 0.2) is 24.3 Å². The topological polar surface area (TPSA) is 21.3 Å². The van der Waals surface area contributed by atoms with E-state index in [1.807, 2.05) is 0 Å². The van der Waals surface area contributed by atoms with Gasteiger partial charge in [0.25, 0.3) is 0 Å². The van der Waals surface area contributed by atoms with E-state index in [4.69, 9.17) is 4.74 Å². The molecule has 0 spiro atoms. The number of rotatable bonds is 4. The Kier molecular flexibility index (Phi) is 4.43. The summed E-state index contributed by atoms with van der Waals surface area (Å²) in [6.07, 6.45) is 2.49. The highest BCUT2D eigenvalue weighted by Crippen LogP contribution is 2.27. The van der Waals surface area contributed by atoms with Gasteiger partial charge in [0.2, 0.25) is 0 Å². The fraction of sp³-hybridized carbons (Fsp3) is 0.600. The smallest absolute Gasteiger partial charge is 0.119 e. The zero-order chi connectivity index (χ0) is 12.1. The first-order valence-electron chi connectivity index (χ1n) is 6.69. The van der Waals surface area contributed by atoms with Gasteiger partial charge in [0.05, 0.1) is 6.61 Å². The average Bonchev–Trinajstić information content (AvgIpc) is 2.38. The SMILES string of the molecule is CC(C)COc1cccc(C2CCNCC2)c1. The van der Waals surface area contributed by atoms with Crippen molar-refractivity contribution in [3.05, 3.63) is 29.8 Å². The molecule has 2 heteroatoms. The van der Waals surface area contributed by atoms with E-state index in [1.54, 1.807) is 0 Å². The second-order valence-corrected chi connectivity index (χ2v) is 5.30. The fourth-order valence-corrected chi connectivity index (χ4v) is 2.28. The van der Waals surface area contributed by atoms with Gasteiger partial charge in [0.1, 0.15) is 5.75 Å². The highest BCUT2D eigenvalue weighted by atomic mass is 16.5. The van der Waals surface area contributed by atoms with Crippen LogP contribution in [0.3, 0.4) is 0 Å². The van der Waals surface area contributed by atoms with Crippen LogP contribution in [0.1, 0.15) is 38.2 Å². The maximum absolute atomic E-state index is 5.78. The highest BCUT2D eigenvalue weighted by Gasteiger charge is 2.15. The Morgan fingerprint density at radius 2 is 2.06 bits per heavy atom. The summed E-state index contributed by atoms with van der Waals surface area (Å²) in [4.78, 5) is 0. The lowest BCUT2D eigenvalue weighted by molar-refractivity contribution is 0.270. The van der Waals surface area contributed by atoms with Gasteiger partial charge in [-0.3, -0.25) is 0 Å². The minimum absolute atomic E-state index is 0.581. The molecule has 1 saturated heterocycles. The molecule has 0 saturated carbocycles. The van der Waals surface area contributed by atoms with Crippen LogP contribution in [0.2, 0.25) is 0 Å². The Morgan fingerprint density at radius 3 is 2.76 bits per heavy atom. The number of benzene rings is 1. The summed E-state index contributed by atoms with van der Waals surface area (Å²) >= 11 is 0. The fourth-order valence-electron chi connectivity index (χ4n) is 2.28. The predicted octanol–water partition coefficient (Wildman–Crippen LogP) is 3.19. The molecule has 1 N–H and O–H groups in total. The van der Waals surface area contributed by atoms with E-state index in [-0.39, 0.29) is 0 Å². The lowest BCUT2D eigenvalue weighted by atomic mass is 9.90. The number of ether oxygens (including phenoxy) is 1. The molecule has 1 aliphatic rings. The second kappa shape index (κ2) is 6.06. The van der Waals surface area contributed by atoms with Gasteiger partial charge in [-0.1, -0.05) is 26.0 Å². The van der Waals surface area contributed by atoms with Crippen molar-refractivity contribution in [2.75, 3.05) is 19.7 Å². The third-order valence-electron chi connectivity index (χ3n) is 3.25. The van der Waals surface area contributed by atoms with Crippen LogP contribution in [0.5, 0.6) is 5.75 Å². The van der Waals surface area contributed by atoms with Crippen LogP contribution in [-0.2, 0) is 0 Å². The summed E-state index contributed by atoms with van der Waals surface area (Å²) in [5, 5.41) is 3.41. The molecule has 1 aliphatic heterocycles. The van der Waals surface area contributed by atoms with E-state index in [1.165, 1.54) is 18.4 Å². The molecule has 0 amide bonds. The molecule has 1 heterocycles. The van der Waals surface area contributed by atoms with Crippen molar-refractivity contribution in [1.82, 2.24) is 5.32 Å². The van der Waals surface area contributed by atoms with Crippen molar-refractivity contribution in [2.24, 2.45) is 5.92 Å². The molecular weight excluding hydrogens is 210 g/mol. The first-order valence-corrected chi connectivity index (χ1v) is 6.69. The van der Waals surface area contributed by atoms with Crippen LogP contribution >= 0.6 is 0 Å². The molecule has 94 valence electrons. The summed E-state index contributed by atoms with van der Waals surface area (Å²) in [7, 11) is 0. The lowest BCUT2D eigenvalue weighted by Crippen LogP contribution is -2.26. The molecule has 0 aliphatic carbocycles. The van der Waals surface area contributed by atoms with Crippen molar-refractivity contribution in [3.63, 3.8) is 0 Å². The molecule has 1 aromatic carbocycles. The first kappa shape index (κ1) is 12.4. The summed E-state index contributed by atoms with van der Waals surface area (Å²) in [6, 6.07) is 8.64. The molecule has 17 heavy (non-hydrogen) atoms. The number of nitrogens with one attached hydrogen (secondary N) is 1. The monoisotopic (exact) mass is 233 g/mol. The number of hydrogen-bond donors (Lipinski definition) is 1. The number of piperidine rings is 1. The molecule has 1 fully saturated rings. The zero-order valence-corrected chi connectivity index (χ0v) is 10.9. The van der Waals surface area contributed by atoms with Crippen molar-refractivity contribution in [3.8, 4) is 5.75 Å². The minimum Gasteiger partial charge on any atom is -0.493 e. The van der Waals surface area contributed by atoms with Gasteiger partial charge >= 0.3 is 0 Å². The normalized spacial score (nSPS) is 17.4. The van der Waals surface area contributed by atoms with Crippen molar-refractivity contribution >= 4 is 0 Å². The first-order chi connectivity index (χ1) is 8.25. The maximum atomic E-state index is 5.78. The van der Waals surface area contributed by atoms with Gasteiger partial charge < -0.3 is 10.1 Å². The Morgan fingerprint density at radius 1 is 1.29 bits per heavy atom. The summed E-state index contributed by atoms with van der Waals surface area (Å²) < 4.78 is 5.78. The molecule has 0 bridgehead atoms. The Hall–Kier alpha value is -1.02. The minimum atomic E-state index is 0.581. The van der Waals surface area contributed by atoms with Crippen LogP contribution < -0.4 is 10.1 Å². The van der Waals surface area contributed by atoms with Crippen LogP contribution in [0.25, 0.3) is 0 Å². The van der Waals surface area contributed by atoms with Gasteiger partial charge in [0, 0.05) is 0 Å². The lowest BCUT2D eigenvalue weighted by Gasteiger charge is -2.23. The van der Waals surface area contributed by atoms with E-state index in [2.05, 4.69) is 43.4 Å². The quantitative estimate of drug-likeness (QED) is 0.862. The van der Waals surface area contributed by atoms with Gasteiger partial charge in [0.15, 0.2) is 0 Å². The van der Waals surface area contributed by atoms with Crippen LogP contribution in [-0.4, -0.2) is 19.7 Å². The Bertz CT molecular complexity index is 343. The van der Waals surface area contributed by atoms with E-state index in [9.17, 15) is 0 Å². The molecule has 2 rings (SSSR count). The molecular formula is C15H23NO. The van der Waals surface area contributed by atoms with Crippen LogP contribution in [0, 0.1) is 5.92 Å².